The molecule has 2 aromatic carbocycles. The van der Waals surface area contributed by atoms with Crippen LogP contribution in [0, 0.1) is 0 Å². The number of sulfonamides is 1. The molecular weight excluding hydrogens is 410 g/mol. The third-order valence-corrected chi connectivity index (χ3v) is 5.63. The molecule has 3 N–H and O–H groups in total. The molecule has 1 aliphatic rings. The SMILES string of the molecule is CC(=O)NC(C)C(=O)Nc1ccc(NS(=O)(=O)c2ccc3c(c2)OCCCO3)cc1. The Morgan fingerprint density at radius 1 is 0.967 bits per heavy atom. The average molecular weight is 433 g/mol. The first-order valence-electron chi connectivity index (χ1n) is 9.35. The lowest BCUT2D eigenvalue weighted by Crippen LogP contribution is -2.40. The van der Waals surface area contributed by atoms with Gasteiger partial charge in [0, 0.05) is 30.8 Å². The van der Waals surface area contributed by atoms with Crippen LogP contribution in [0.1, 0.15) is 20.3 Å². The van der Waals surface area contributed by atoms with Gasteiger partial charge in [-0.15, -0.1) is 0 Å². The third-order valence-electron chi connectivity index (χ3n) is 4.25. The summed E-state index contributed by atoms with van der Waals surface area (Å²) in [5.41, 5.74) is 0.797. The van der Waals surface area contributed by atoms with Crippen molar-refractivity contribution in [2.45, 2.75) is 31.2 Å². The van der Waals surface area contributed by atoms with Crippen LogP contribution < -0.4 is 24.8 Å². The highest BCUT2D eigenvalue weighted by molar-refractivity contribution is 7.92. The minimum absolute atomic E-state index is 0.0493. The summed E-state index contributed by atoms with van der Waals surface area (Å²) in [5.74, 6) is 0.213. The van der Waals surface area contributed by atoms with Crippen LogP contribution in [-0.2, 0) is 19.6 Å². The molecule has 1 heterocycles. The lowest BCUT2D eigenvalue weighted by molar-refractivity contribution is -0.124. The largest absolute Gasteiger partial charge is 0.490 e. The Kier molecular flexibility index (Phi) is 6.46. The summed E-state index contributed by atoms with van der Waals surface area (Å²) in [7, 11) is -3.84. The fraction of sp³-hybridized carbons (Fsp3) is 0.300. The van der Waals surface area contributed by atoms with E-state index in [9.17, 15) is 18.0 Å². The van der Waals surface area contributed by atoms with Crippen molar-refractivity contribution >= 4 is 33.2 Å². The van der Waals surface area contributed by atoms with Crippen molar-refractivity contribution in [2.75, 3.05) is 23.3 Å². The zero-order chi connectivity index (χ0) is 21.7. The van der Waals surface area contributed by atoms with E-state index < -0.39 is 16.1 Å². The van der Waals surface area contributed by atoms with Crippen molar-refractivity contribution in [1.82, 2.24) is 5.32 Å². The highest BCUT2D eigenvalue weighted by atomic mass is 32.2. The molecular formula is C20H23N3O6S. The molecule has 1 aliphatic heterocycles. The van der Waals surface area contributed by atoms with Crippen LogP contribution in [-0.4, -0.2) is 39.5 Å². The number of carbonyl (C=O) groups is 2. The number of hydrogen-bond acceptors (Lipinski definition) is 6. The number of fused-ring (bicyclic) bond motifs is 1. The molecule has 160 valence electrons. The summed E-state index contributed by atoms with van der Waals surface area (Å²) in [6.45, 7) is 3.87. The molecule has 2 amide bonds. The Labute approximate surface area is 174 Å². The average Bonchev–Trinajstić information content (AvgIpc) is 2.93. The van der Waals surface area contributed by atoms with Gasteiger partial charge in [-0.05, 0) is 43.3 Å². The maximum atomic E-state index is 12.7. The van der Waals surface area contributed by atoms with Crippen LogP contribution in [0.15, 0.2) is 47.4 Å². The first kappa shape index (κ1) is 21.4. The molecule has 0 fully saturated rings. The first-order valence-corrected chi connectivity index (χ1v) is 10.8. The van der Waals surface area contributed by atoms with E-state index in [0.29, 0.717) is 36.1 Å². The summed E-state index contributed by atoms with van der Waals surface area (Å²) in [6, 6.07) is 9.94. The molecule has 0 radical (unpaired) electrons. The van der Waals surface area contributed by atoms with E-state index in [1.165, 1.54) is 31.2 Å². The molecule has 1 atom stereocenters. The predicted molar refractivity (Wildman–Crippen MR) is 111 cm³/mol. The standard InChI is InChI=1S/C20H23N3O6S/c1-13(21-14(2)24)20(25)22-15-4-6-16(7-5-15)23-30(26,27)17-8-9-18-19(12-17)29-11-3-10-28-18/h4-9,12-13,23H,3,10-11H2,1-2H3,(H,21,24)(H,22,25). The van der Waals surface area contributed by atoms with Gasteiger partial charge in [0.2, 0.25) is 11.8 Å². The van der Waals surface area contributed by atoms with Crippen LogP contribution >= 0.6 is 0 Å². The molecule has 1 unspecified atom stereocenters. The van der Waals surface area contributed by atoms with E-state index in [4.69, 9.17) is 9.47 Å². The van der Waals surface area contributed by atoms with Crippen LogP contribution in [0.3, 0.4) is 0 Å². The lowest BCUT2D eigenvalue weighted by atomic mass is 10.2. The molecule has 0 saturated heterocycles. The molecule has 2 aromatic rings. The summed E-state index contributed by atoms with van der Waals surface area (Å²) in [5, 5.41) is 5.13. The molecule has 10 heteroatoms. The number of carbonyl (C=O) groups excluding carboxylic acids is 2. The smallest absolute Gasteiger partial charge is 0.262 e. The normalized spacial score (nSPS) is 14.2. The second-order valence-electron chi connectivity index (χ2n) is 6.75. The Hall–Kier alpha value is -3.27. The fourth-order valence-corrected chi connectivity index (χ4v) is 3.84. The molecule has 3 rings (SSSR count). The first-order chi connectivity index (χ1) is 14.2. The highest BCUT2D eigenvalue weighted by Crippen LogP contribution is 2.32. The van der Waals surface area contributed by atoms with E-state index >= 15 is 0 Å². The van der Waals surface area contributed by atoms with Crippen LogP contribution in [0.25, 0.3) is 0 Å². The Bertz CT molecular complexity index is 1040. The van der Waals surface area contributed by atoms with Gasteiger partial charge in [0.25, 0.3) is 10.0 Å². The molecule has 0 aliphatic carbocycles. The number of benzene rings is 2. The Balaban J connectivity index is 1.68. The zero-order valence-electron chi connectivity index (χ0n) is 16.6. The van der Waals surface area contributed by atoms with Gasteiger partial charge in [-0.3, -0.25) is 14.3 Å². The number of rotatable bonds is 6. The van der Waals surface area contributed by atoms with Gasteiger partial charge in [-0.25, -0.2) is 8.42 Å². The van der Waals surface area contributed by atoms with Crippen LogP contribution in [0.5, 0.6) is 11.5 Å². The minimum Gasteiger partial charge on any atom is -0.490 e. The van der Waals surface area contributed by atoms with Crippen LogP contribution in [0.4, 0.5) is 11.4 Å². The molecule has 0 bridgehead atoms. The number of ether oxygens (including phenoxy) is 2. The number of hydrogen-bond donors (Lipinski definition) is 3. The molecule has 0 spiro atoms. The highest BCUT2D eigenvalue weighted by Gasteiger charge is 2.19. The topological polar surface area (TPSA) is 123 Å². The van der Waals surface area contributed by atoms with Gasteiger partial charge in [-0.2, -0.15) is 0 Å². The van der Waals surface area contributed by atoms with Crippen molar-refractivity contribution in [3.63, 3.8) is 0 Å². The number of amides is 2. The second kappa shape index (κ2) is 9.04. The van der Waals surface area contributed by atoms with Crippen molar-refractivity contribution in [3.8, 4) is 11.5 Å². The second-order valence-corrected chi connectivity index (χ2v) is 8.44. The van der Waals surface area contributed by atoms with Crippen LogP contribution in [0.2, 0.25) is 0 Å². The molecule has 0 aromatic heterocycles. The minimum atomic E-state index is -3.84. The van der Waals surface area contributed by atoms with E-state index in [1.807, 2.05) is 0 Å². The summed E-state index contributed by atoms with van der Waals surface area (Å²) in [4.78, 5) is 23.1. The summed E-state index contributed by atoms with van der Waals surface area (Å²) < 4.78 is 39.0. The monoisotopic (exact) mass is 433 g/mol. The maximum absolute atomic E-state index is 12.7. The summed E-state index contributed by atoms with van der Waals surface area (Å²) >= 11 is 0. The summed E-state index contributed by atoms with van der Waals surface area (Å²) in [6.07, 6.45) is 0.724. The Morgan fingerprint density at radius 2 is 1.60 bits per heavy atom. The van der Waals surface area contributed by atoms with Gasteiger partial charge in [0.05, 0.1) is 18.1 Å². The van der Waals surface area contributed by atoms with E-state index in [0.717, 1.165) is 6.42 Å². The molecule has 0 saturated carbocycles. The third kappa shape index (κ3) is 5.41. The van der Waals surface area contributed by atoms with Gasteiger partial charge in [0.1, 0.15) is 6.04 Å². The van der Waals surface area contributed by atoms with Crippen molar-refractivity contribution < 1.29 is 27.5 Å². The van der Waals surface area contributed by atoms with Crippen molar-refractivity contribution in [3.05, 3.63) is 42.5 Å². The molecule has 9 nitrogen and oxygen atoms in total. The fourth-order valence-electron chi connectivity index (χ4n) is 2.77. The number of anilines is 2. The molecule has 30 heavy (non-hydrogen) atoms. The van der Waals surface area contributed by atoms with Gasteiger partial charge < -0.3 is 20.1 Å². The van der Waals surface area contributed by atoms with E-state index in [-0.39, 0.29) is 16.7 Å². The van der Waals surface area contributed by atoms with Gasteiger partial charge in [0.15, 0.2) is 11.5 Å². The van der Waals surface area contributed by atoms with E-state index in [1.54, 1.807) is 25.1 Å². The van der Waals surface area contributed by atoms with Crippen molar-refractivity contribution in [1.29, 1.82) is 0 Å². The quantitative estimate of drug-likeness (QED) is 0.641. The van der Waals surface area contributed by atoms with Gasteiger partial charge in [-0.1, -0.05) is 0 Å². The lowest BCUT2D eigenvalue weighted by Gasteiger charge is -2.14. The Morgan fingerprint density at radius 3 is 2.27 bits per heavy atom. The van der Waals surface area contributed by atoms with Gasteiger partial charge >= 0.3 is 0 Å². The number of nitrogens with one attached hydrogen (secondary N) is 3. The predicted octanol–water partition coefficient (Wildman–Crippen LogP) is 2.11. The zero-order valence-corrected chi connectivity index (χ0v) is 17.4. The van der Waals surface area contributed by atoms with E-state index in [2.05, 4.69) is 15.4 Å². The van der Waals surface area contributed by atoms with Crippen molar-refractivity contribution in [2.24, 2.45) is 0 Å². The maximum Gasteiger partial charge on any atom is 0.262 e.